The van der Waals surface area contributed by atoms with Gasteiger partial charge in [0.1, 0.15) is 5.75 Å². The molecule has 3 nitrogen and oxygen atoms in total. The number of hydrogen-bond donors (Lipinski definition) is 2. The molecule has 2 aliphatic rings. The van der Waals surface area contributed by atoms with Gasteiger partial charge < -0.3 is 10.4 Å². The molecule has 1 aliphatic heterocycles. The van der Waals surface area contributed by atoms with Crippen LogP contribution in [-0.2, 0) is 16.6 Å². The second-order valence-corrected chi connectivity index (χ2v) is 4.78. The van der Waals surface area contributed by atoms with Gasteiger partial charge in [0.2, 0.25) is 5.91 Å². The van der Waals surface area contributed by atoms with Crippen LogP contribution in [0.2, 0.25) is 0 Å². The highest BCUT2D eigenvalue weighted by atomic mass is 16.3. The molecule has 2 N–H and O–H groups in total. The Labute approximate surface area is 94.5 Å². The molecule has 0 bridgehead atoms. The van der Waals surface area contributed by atoms with Gasteiger partial charge in [-0.3, -0.25) is 4.79 Å². The lowest BCUT2D eigenvalue weighted by Gasteiger charge is -2.33. The van der Waals surface area contributed by atoms with E-state index in [1.54, 1.807) is 12.1 Å². The highest BCUT2D eigenvalue weighted by Crippen LogP contribution is 2.43. The molecule has 1 amide bonds. The molecule has 3 heteroatoms. The summed E-state index contributed by atoms with van der Waals surface area (Å²) in [6.45, 7) is 0.758. The first-order chi connectivity index (χ1) is 7.72. The molecular weight excluding hydrogens is 202 g/mol. The van der Waals surface area contributed by atoms with Crippen LogP contribution in [0.3, 0.4) is 0 Å². The molecule has 1 fully saturated rings. The number of fused-ring (bicyclic) bond motifs is 2. The molecule has 0 saturated carbocycles. The van der Waals surface area contributed by atoms with Crippen molar-refractivity contribution >= 4 is 5.91 Å². The van der Waals surface area contributed by atoms with Crippen LogP contribution >= 0.6 is 0 Å². The van der Waals surface area contributed by atoms with E-state index in [0.717, 1.165) is 37.8 Å². The Hall–Kier alpha value is -1.51. The maximum Gasteiger partial charge on any atom is 0.230 e. The lowest BCUT2D eigenvalue weighted by molar-refractivity contribution is -0.124. The molecule has 0 aromatic heterocycles. The minimum Gasteiger partial charge on any atom is -0.508 e. The molecule has 1 spiro atoms. The SMILES string of the molecule is O=C1NCCC12CCCc1ccc(O)cc12. The van der Waals surface area contributed by atoms with E-state index >= 15 is 0 Å². The molecule has 1 aromatic carbocycles. The van der Waals surface area contributed by atoms with E-state index in [9.17, 15) is 9.90 Å². The third-order valence-electron chi connectivity index (χ3n) is 3.93. The van der Waals surface area contributed by atoms with Gasteiger partial charge in [-0.05, 0) is 48.9 Å². The molecule has 3 rings (SSSR count). The Kier molecular flexibility index (Phi) is 1.96. The van der Waals surface area contributed by atoms with E-state index < -0.39 is 0 Å². The zero-order valence-electron chi connectivity index (χ0n) is 9.12. The number of phenols is 1. The second kappa shape index (κ2) is 3.24. The standard InChI is InChI=1S/C13H15NO2/c15-10-4-3-9-2-1-5-13(11(9)8-10)6-7-14-12(13)16/h3-4,8,15H,1-2,5-7H2,(H,14,16). The molecule has 84 valence electrons. The predicted molar refractivity (Wildman–Crippen MR) is 60.3 cm³/mol. The van der Waals surface area contributed by atoms with Gasteiger partial charge in [-0.2, -0.15) is 0 Å². The monoisotopic (exact) mass is 217 g/mol. The molecule has 1 atom stereocenters. The number of rotatable bonds is 0. The summed E-state index contributed by atoms with van der Waals surface area (Å²) in [6, 6.07) is 5.45. The van der Waals surface area contributed by atoms with Crippen molar-refractivity contribution in [2.24, 2.45) is 0 Å². The number of aromatic hydroxyl groups is 1. The van der Waals surface area contributed by atoms with Gasteiger partial charge in [0.25, 0.3) is 0 Å². The van der Waals surface area contributed by atoms with Gasteiger partial charge in [-0.1, -0.05) is 6.07 Å². The highest BCUT2D eigenvalue weighted by molar-refractivity contribution is 5.91. The molecule has 1 saturated heterocycles. The Bertz CT molecular complexity index is 455. The van der Waals surface area contributed by atoms with Crippen molar-refractivity contribution in [3.8, 4) is 5.75 Å². The smallest absolute Gasteiger partial charge is 0.230 e. The number of amides is 1. The van der Waals surface area contributed by atoms with Crippen LogP contribution in [0.4, 0.5) is 0 Å². The Balaban J connectivity index is 2.18. The van der Waals surface area contributed by atoms with E-state index in [1.165, 1.54) is 5.56 Å². The van der Waals surface area contributed by atoms with Crippen molar-refractivity contribution in [1.82, 2.24) is 5.32 Å². The number of carbonyl (C=O) groups is 1. The Morgan fingerprint density at radius 1 is 1.31 bits per heavy atom. The third-order valence-corrected chi connectivity index (χ3v) is 3.93. The zero-order valence-corrected chi connectivity index (χ0v) is 9.12. The Morgan fingerprint density at radius 2 is 2.19 bits per heavy atom. The lowest BCUT2D eigenvalue weighted by atomic mass is 9.69. The normalized spacial score (nSPS) is 27.9. The van der Waals surface area contributed by atoms with Crippen LogP contribution in [0.25, 0.3) is 0 Å². The second-order valence-electron chi connectivity index (χ2n) is 4.78. The van der Waals surface area contributed by atoms with Gasteiger partial charge >= 0.3 is 0 Å². The van der Waals surface area contributed by atoms with Crippen molar-refractivity contribution in [2.45, 2.75) is 31.1 Å². The van der Waals surface area contributed by atoms with E-state index in [2.05, 4.69) is 5.32 Å². The average molecular weight is 217 g/mol. The van der Waals surface area contributed by atoms with E-state index in [1.807, 2.05) is 6.07 Å². The number of phenolic OH excluding ortho intramolecular Hbond substituents is 1. The molecule has 1 unspecified atom stereocenters. The van der Waals surface area contributed by atoms with Gasteiger partial charge in [0, 0.05) is 6.54 Å². The van der Waals surface area contributed by atoms with Gasteiger partial charge in [-0.25, -0.2) is 0 Å². The number of benzene rings is 1. The first-order valence-electron chi connectivity index (χ1n) is 5.83. The van der Waals surface area contributed by atoms with Crippen molar-refractivity contribution in [3.63, 3.8) is 0 Å². The quantitative estimate of drug-likeness (QED) is 0.691. The maximum atomic E-state index is 12.0. The summed E-state index contributed by atoms with van der Waals surface area (Å²) < 4.78 is 0. The summed E-state index contributed by atoms with van der Waals surface area (Å²) >= 11 is 0. The fourth-order valence-corrected chi connectivity index (χ4v) is 3.11. The first kappa shape index (κ1) is 9.70. The minimum absolute atomic E-state index is 0.138. The fourth-order valence-electron chi connectivity index (χ4n) is 3.11. The number of nitrogens with one attached hydrogen (secondary N) is 1. The van der Waals surface area contributed by atoms with Gasteiger partial charge in [0.05, 0.1) is 5.41 Å². The summed E-state index contributed by atoms with van der Waals surface area (Å²) in [7, 11) is 0. The first-order valence-corrected chi connectivity index (χ1v) is 5.83. The number of hydrogen-bond acceptors (Lipinski definition) is 2. The predicted octanol–water partition coefficient (Wildman–Crippen LogP) is 1.49. The zero-order chi connectivity index (χ0) is 11.2. The van der Waals surface area contributed by atoms with Crippen LogP contribution in [0.5, 0.6) is 5.75 Å². The molecule has 1 aliphatic carbocycles. The van der Waals surface area contributed by atoms with Crippen LogP contribution in [-0.4, -0.2) is 17.6 Å². The summed E-state index contributed by atoms with van der Waals surface area (Å²) in [5.41, 5.74) is 1.92. The molecular formula is C13H15NO2. The summed E-state index contributed by atoms with van der Waals surface area (Å²) in [6.07, 6.45) is 3.85. The number of aryl methyl sites for hydroxylation is 1. The lowest BCUT2D eigenvalue weighted by Crippen LogP contribution is -2.38. The van der Waals surface area contributed by atoms with Crippen molar-refractivity contribution in [3.05, 3.63) is 29.3 Å². The summed E-state index contributed by atoms with van der Waals surface area (Å²) in [4.78, 5) is 12.0. The van der Waals surface area contributed by atoms with Crippen LogP contribution < -0.4 is 5.32 Å². The highest BCUT2D eigenvalue weighted by Gasteiger charge is 2.46. The molecule has 1 heterocycles. The van der Waals surface area contributed by atoms with Crippen molar-refractivity contribution in [2.75, 3.05) is 6.54 Å². The minimum atomic E-state index is -0.355. The van der Waals surface area contributed by atoms with Crippen LogP contribution in [0.1, 0.15) is 30.4 Å². The largest absolute Gasteiger partial charge is 0.508 e. The van der Waals surface area contributed by atoms with Crippen molar-refractivity contribution < 1.29 is 9.90 Å². The van der Waals surface area contributed by atoms with Crippen LogP contribution in [0.15, 0.2) is 18.2 Å². The summed E-state index contributed by atoms with van der Waals surface area (Å²) in [5, 5.41) is 12.5. The fraction of sp³-hybridized carbons (Fsp3) is 0.462. The maximum absolute atomic E-state index is 12.0. The van der Waals surface area contributed by atoms with Crippen molar-refractivity contribution in [1.29, 1.82) is 0 Å². The third kappa shape index (κ3) is 1.17. The van der Waals surface area contributed by atoms with Crippen LogP contribution in [0, 0.1) is 0 Å². The topological polar surface area (TPSA) is 49.3 Å². The van der Waals surface area contributed by atoms with Gasteiger partial charge in [0.15, 0.2) is 0 Å². The molecule has 1 aromatic rings. The van der Waals surface area contributed by atoms with Gasteiger partial charge in [-0.15, -0.1) is 0 Å². The van der Waals surface area contributed by atoms with E-state index in [0.29, 0.717) is 0 Å². The number of carbonyl (C=O) groups excluding carboxylic acids is 1. The molecule has 0 radical (unpaired) electrons. The Morgan fingerprint density at radius 3 is 2.94 bits per heavy atom. The summed E-state index contributed by atoms with van der Waals surface area (Å²) in [5.74, 6) is 0.402. The molecule has 16 heavy (non-hydrogen) atoms. The average Bonchev–Trinajstić information content (AvgIpc) is 2.63. The van der Waals surface area contributed by atoms with E-state index in [-0.39, 0.29) is 17.1 Å². The van der Waals surface area contributed by atoms with E-state index in [4.69, 9.17) is 0 Å².